The second-order valence-corrected chi connectivity index (χ2v) is 7.21. The monoisotopic (exact) mass is 379 g/mol. The molecule has 0 spiro atoms. The van der Waals surface area contributed by atoms with E-state index in [9.17, 15) is 0 Å². The van der Waals surface area contributed by atoms with Crippen molar-refractivity contribution in [3.8, 4) is 11.5 Å². The highest BCUT2D eigenvalue weighted by Gasteiger charge is 2.39. The van der Waals surface area contributed by atoms with E-state index < -0.39 is 0 Å². The molecule has 4 rings (SSSR count). The van der Waals surface area contributed by atoms with E-state index in [1.54, 1.807) is 0 Å². The average Bonchev–Trinajstić information content (AvgIpc) is 3.22. The molecule has 1 N–H and O–H groups in total. The minimum atomic E-state index is 0.187. The fraction of sp³-hybridized carbons (Fsp3) is 0.417. The van der Waals surface area contributed by atoms with Gasteiger partial charge in [-0.05, 0) is 43.9 Å². The number of rotatable bonds is 8. The van der Waals surface area contributed by atoms with E-state index in [1.807, 2.05) is 26.0 Å². The number of hydrogen-bond acceptors (Lipinski definition) is 4. The average molecular weight is 380 g/mol. The topological polar surface area (TPSA) is 39.7 Å². The van der Waals surface area contributed by atoms with Crippen molar-refractivity contribution >= 4 is 5.69 Å². The highest BCUT2D eigenvalue weighted by Crippen LogP contribution is 2.53. The quantitative estimate of drug-likeness (QED) is 0.497. The summed E-state index contributed by atoms with van der Waals surface area (Å²) >= 11 is 0. The first-order chi connectivity index (χ1) is 13.8. The Morgan fingerprint density at radius 3 is 2.57 bits per heavy atom. The van der Waals surface area contributed by atoms with Crippen molar-refractivity contribution in [3.63, 3.8) is 0 Å². The van der Waals surface area contributed by atoms with Crippen LogP contribution >= 0.6 is 0 Å². The minimum Gasteiger partial charge on any atom is -0.494 e. The van der Waals surface area contributed by atoms with Crippen LogP contribution < -0.4 is 14.8 Å². The third kappa shape index (κ3) is 3.61. The summed E-state index contributed by atoms with van der Waals surface area (Å²) in [6, 6.07) is 14.9. The molecule has 3 unspecified atom stereocenters. The third-order valence-corrected chi connectivity index (χ3v) is 5.60. The second kappa shape index (κ2) is 8.70. The second-order valence-electron chi connectivity index (χ2n) is 7.21. The zero-order valence-electron chi connectivity index (χ0n) is 16.7. The Labute approximate surface area is 167 Å². The summed E-state index contributed by atoms with van der Waals surface area (Å²) in [5.74, 6) is 2.74. The molecule has 148 valence electrons. The summed E-state index contributed by atoms with van der Waals surface area (Å²) in [5, 5.41) is 3.81. The van der Waals surface area contributed by atoms with Crippen molar-refractivity contribution in [2.75, 3.05) is 31.7 Å². The van der Waals surface area contributed by atoms with Gasteiger partial charge < -0.3 is 19.5 Å². The van der Waals surface area contributed by atoms with Gasteiger partial charge in [-0.2, -0.15) is 0 Å². The van der Waals surface area contributed by atoms with Crippen LogP contribution in [0.4, 0.5) is 5.69 Å². The Morgan fingerprint density at radius 1 is 0.893 bits per heavy atom. The molecular weight excluding hydrogens is 350 g/mol. The number of allylic oxidation sites excluding steroid dienone is 2. The molecule has 1 aliphatic heterocycles. The van der Waals surface area contributed by atoms with Crippen LogP contribution in [0.5, 0.6) is 11.5 Å². The van der Waals surface area contributed by atoms with Crippen molar-refractivity contribution in [1.29, 1.82) is 0 Å². The number of hydrogen-bond donors (Lipinski definition) is 1. The maximum absolute atomic E-state index is 6.07. The van der Waals surface area contributed by atoms with Crippen molar-refractivity contribution < 1.29 is 14.2 Å². The Hall–Kier alpha value is -2.46. The van der Waals surface area contributed by atoms with Crippen LogP contribution in [0.3, 0.4) is 0 Å². The molecule has 28 heavy (non-hydrogen) atoms. The summed E-state index contributed by atoms with van der Waals surface area (Å²) in [6.07, 6.45) is 5.73. The van der Waals surface area contributed by atoms with Crippen LogP contribution in [-0.4, -0.2) is 26.4 Å². The largest absolute Gasteiger partial charge is 0.494 e. The number of benzene rings is 2. The zero-order valence-corrected chi connectivity index (χ0v) is 16.7. The SMILES string of the molecule is CCOCCOc1cccc2c1NC(c1ccccc1OCC)C1CC=CC21. The van der Waals surface area contributed by atoms with Crippen molar-refractivity contribution in [2.45, 2.75) is 32.2 Å². The highest BCUT2D eigenvalue weighted by atomic mass is 16.5. The minimum absolute atomic E-state index is 0.187. The molecule has 0 aromatic heterocycles. The highest BCUT2D eigenvalue weighted by molar-refractivity contribution is 5.68. The Bertz CT molecular complexity index is 832. The molecule has 0 saturated heterocycles. The fourth-order valence-corrected chi connectivity index (χ4v) is 4.40. The van der Waals surface area contributed by atoms with E-state index >= 15 is 0 Å². The maximum atomic E-state index is 6.07. The molecule has 2 aliphatic rings. The zero-order chi connectivity index (χ0) is 19.3. The number of nitrogens with one attached hydrogen (secondary N) is 1. The number of ether oxygens (including phenoxy) is 3. The summed E-state index contributed by atoms with van der Waals surface area (Å²) in [4.78, 5) is 0. The lowest BCUT2D eigenvalue weighted by Gasteiger charge is -2.38. The van der Waals surface area contributed by atoms with Gasteiger partial charge in [0.2, 0.25) is 0 Å². The van der Waals surface area contributed by atoms with Gasteiger partial charge in [0.05, 0.1) is 24.9 Å². The molecule has 4 nitrogen and oxygen atoms in total. The predicted octanol–water partition coefficient (Wildman–Crippen LogP) is 5.33. The molecule has 4 heteroatoms. The Kier molecular flexibility index (Phi) is 5.87. The molecule has 3 atom stereocenters. The van der Waals surface area contributed by atoms with Gasteiger partial charge >= 0.3 is 0 Å². The van der Waals surface area contributed by atoms with Crippen LogP contribution in [0.15, 0.2) is 54.6 Å². The smallest absolute Gasteiger partial charge is 0.142 e. The molecule has 0 radical (unpaired) electrons. The summed E-state index contributed by atoms with van der Waals surface area (Å²) in [5.41, 5.74) is 3.64. The summed E-state index contributed by atoms with van der Waals surface area (Å²) in [7, 11) is 0. The van der Waals surface area contributed by atoms with E-state index in [4.69, 9.17) is 14.2 Å². The number of para-hydroxylation sites is 2. The third-order valence-electron chi connectivity index (χ3n) is 5.60. The van der Waals surface area contributed by atoms with Gasteiger partial charge in [0, 0.05) is 18.1 Å². The van der Waals surface area contributed by atoms with Gasteiger partial charge in [0.25, 0.3) is 0 Å². The normalized spacial score (nSPS) is 22.3. The molecule has 1 heterocycles. The van der Waals surface area contributed by atoms with Crippen LogP contribution in [0.2, 0.25) is 0 Å². The molecule has 1 aliphatic carbocycles. The first-order valence-electron chi connectivity index (χ1n) is 10.3. The van der Waals surface area contributed by atoms with Crippen LogP contribution in [-0.2, 0) is 4.74 Å². The van der Waals surface area contributed by atoms with E-state index in [1.165, 1.54) is 11.1 Å². The van der Waals surface area contributed by atoms with E-state index in [2.05, 4.69) is 47.8 Å². The Balaban J connectivity index is 1.67. The first-order valence-corrected chi connectivity index (χ1v) is 10.3. The Morgan fingerprint density at radius 2 is 1.71 bits per heavy atom. The van der Waals surface area contributed by atoms with Crippen molar-refractivity contribution in [1.82, 2.24) is 0 Å². The molecule has 0 saturated carbocycles. The summed E-state index contributed by atoms with van der Waals surface area (Å²) in [6.45, 7) is 6.56. The maximum Gasteiger partial charge on any atom is 0.142 e. The molecule has 2 aromatic carbocycles. The number of anilines is 1. The predicted molar refractivity (Wildman–Crippen MR) is 112 cm³/mol. The molecule has 0 fully saturated rings. The molecular formula is C24H29NO3. The van der Waals surface area contributed by atoms with Gasteiger partial charge in [0.15, 0.2) is 0 Å². The van der Waals surface area contributed by atoms with E-state index in [0.717, 1.165) is 23.6 Å². The van der Waals surface area contributed by atoms with Gasteiger partial charge in [0.1, 0.15) is 18.1 Å². The van der Waals surface area contributed by atoms with Crippen LogP contribution in [0.1, 0.15) is 43.4 Å². The lowest BCUT2D eigenvalue weighted by Crippen LogP contribution is -2.30. The molecule has 0 amide bonds. The van der Waals surface area contributed by atoms with Gasteiger partial charge in [-0.25, -0.2) is 0 Å². The lowest BCUT2D eigenvalue weighted by molar-refractivity contribution is 0.110. The first kappa shape index (κ1) is 18.9. The lowest BCUT2D eigenvalue weighted by atomic mass is 9.76. The molecule has 0 bridgehead atoms. The van der Waals surface area contributed by atoms with Crippen molar-refractivity contribution in [3.05, 3.63) is 65.7 Å². The molecule has 2 aromatic rings. The van der Waals surface area contributed by atoms with E-state index in [0.29, 0.717) is 38.3 Å². The fourth-order valence-electron chi connectivity index (χ4n) is 4.40. The van der Waals surface area contributed by atoms with Crippen LogP contribution in [0, 0.1) is 5.92 Å². The van der Waals surface area contributed by atoms with Crippen LogP contribution in [0.25, 0.3) is 0 Å². The van der Waals surface area contributed by atoms with E-state index in [-0.39, 0.29) is 6.04 Å². The van der Waals surface area contributed by atoms with Gasteiger partial charge in [-0.15, -0.1) is 0 Å². The van der Waals surface area contributed by atoms with Crippen molar-refractivity contribution in [2.24, 2.45) is 5.92 Å². The van der Waals surface area contributed by atoms with Gasteiger partial charge in [-0.1, -0.05) is 42.5 Å². The number of fused-ring (bicyclic) bond motifs is 3. The van der Waals surface area contributed by atoms with Gasteiger partial charge in [-0.3, -0.25) is 0 Å². The summed E-state index contributed by atoms with van der Waals surface area (Å²) < 4.78 is 17.4. The standard InChI is InChI=1S/C24H29NO3/c1-3-26-15-16-28-22-14-8-12-19-17-10-7-11-18(17)23(25-24(19)22)20-9-5-6-13-21(20)27-4-2/h5-10,12-14,17-18,23,25H,3-4,11,15-16H2,1-2H3.